The number of carbonyl (C=O) groups is 1. The summed E-state index contributed by atoms with van der Waals surface area (Å²) in [6, 6.07) is 12.2. The molecule has 0 aliphatic carbocycles. The van der Waals surface area contributed by atoms with Crippen LogP contribution in [0.1, 0.15) is 15.9 Å². The molecule has 2 aromatic rings. The highest BCUT2D eigenvalue weighted by Crippen LogP contribution is 2.25. The van der Waals surface area contributed by atoms with Crippen LogP contribution in [0.25, 0.3) is 6.08 Å². The van der Waals surface area contributed by atoms with E-state index in [1.54, 1.807) is 30.3 Å². The quantitative estimate of drug-likeness (QED) is 0.679. The molecular weight excluding hydrogens is 278 g/mol. The average molecular weight is 297 g/mol. The van der Waals surface area contributed by atoms with Gasteiger partial charge in [0.15, 0.2) is 5.78 Å². The first-order valence-electron chi connectivity index (χ1n) is 6.88. The highest BCUT2D eigenvalue weighted by Gasteiger charge is 2.05. The summed E-state index contributed by atoms with van der Waals surface area (Å²) in [4.78, 5) is 14.2. The second-order valence-electron chi connectivity index (χ2n) is 5.07. The molecule has 0 atom stereocenters. The molecular formula is C18H19NO3. The van der Waals surface area contributed by atoms with Crippen molar-refractivity contribution < 1.29 is 14.6 Å². The Morgan fingerprint density at radius 1 is 1.14 bits per heavy atom. The normalized spacial score (nSPS) is 10.7. The van der Waals surface area contributed by atoms with Gasteiger partial charge < -0.3 is 14.7 Å². The summed E-state index contributed by atoms with van der Waals surface area (Å²) in [6.45, 7) is 0. The van der Waals surface area contributed by atoms with Gasteiger partial charge in [-0.15, -0.1) is 0 Å². The number of nitrogens with zero attached hydrogens (tertiary/aromatic N) is 1. The third-order valence-corrected chi connectivity index (χ3v) is 3.30. The number of hydrogen-bond acceptors (Lipinski definition) is 4. The number of aromatic hydroxyl groups is 1. The number of hydrogen-bond donors (Lipinski definition) is 1. The molecule has 1 N–H and O–H groups in total. The Labute approximate surface area is 130 Å². The van der Waals surface area contributed by atoms with Gasteiger partial charge in [-0.05, 0) is 48.6 Å². The zero-order chi connectivity index (χ0) is 16.1. The number of phenols is 1. The van der Waals surface area contributed by atoms with Crippen LogP contribution in [-0.4, -0.2) is 32.1 Å². The van der Waals surface area contributed by atoms with E-state index in [0.717, 1.165) is 11.3 Å². The van der Waals surface area contributed by atoms with Crippen LogP contribution >= 0.6 is 0 Å². The van der Waals surface area contributed by atoms with Crippen LogP contribution in [0.3, 0.4) is 0 Å². The predicted molar refractivity (Wildman–Crippen MR) is 88.8 cm³/mol. The molecule has 0 aromatic heterocycles. The lowest BCUT2D eigenvalue weighted by Gasteiger charge is -2.11. The van der Waals surface area contributed by atoms with E-state index >= 15 is 0 Å². The Hall–Kier alpha value is -2.75. The van der Waals surface area contributed by atoms with E-state index in [2.05, 4.69) is 0 Å². The maximum atomic E-state index is 12.2. The molecule has 114 valence electrons. The monoisotopic (exact) mass is 297 g/mol. The summed E-state index contributed by atoms with van der Waals surface area (Å²) in [5.74, 6) is 0.562. The summed E-state index contributed by atoms with van der Waals surface area (Å²) >= 11 is 0. The van der Waals surface area contributed by atoms with E-state index in [-0.39, 0.29) is 11.5 Å². The first kappa shape index (κ1) is 15.6. The minimum absolute atomic E-state index is 0.0829. The predicted octanol–water partition coefficient (Wildman–Crippen LogP) is 3.36. The third kappa shape index (κ3) is 3.67. The number of anilines is 1. The molecule has 0 unspecified atom stereocenters. The van der Waals surface area contributed by atoms with Gasteiger partial charge in [-0.2, -0.15) is 0 Å². The van der Waals surface area contributed by atoms with Gasteiger partial charge in [0, 0.05) is 37.0 Å². The number of ketones is 1. The Balaban J connectivity index is 2.17. The van der Waals surface area contributed by atoms with Gasteiger partial charge in [0.2, 0.25) is 0 Å². The number of rotatable bonds is 5. The van der Waals surface area contributed by atoms with Gasteiger partial charge in [0.1, 0.15) is 11.5 Å². The summed E-state index contributed by atoms with van der Waals surface area (Å²) < 4.78 is 5.18. The fraction of sp³-hybridized carbons (Fsp3) is 0.167. The van der Waals surface area contributed by atoms with E-state index in [0.29, 0.717) is 11.3 Å². The van der Waals surface area contributed by atoms with Crippen molar-refractivity contribution in [3.63, 3.8) is 0 Å². The van der Waals surface area contributed by atoms with Gasteiger partial charge in [-0.25, -0.2) is 0 Å². The van der Waals surface area contributed by atoms with Gasteiger partial charge in [-0.1, -0.05) is 0 Å². The average Bonchev–Trinajstić information content (AvgIpc) is 2.53. The maximum absolute atomic E-state index is 12.2. The van der Waals surface area contributed by atoms with Crippen molar-refractivity contribution in [3.8, 4) is 11.5 Å². The van der Waals surface area contributed by atoms with Crippen LogP contribution < -0.4 is 9.64 Å². The molecule has 2 aromatic carbocycles. The minimum atomic E-state index is -0.0829. The van der Waals surface area contributed by atoms with Gasteiger partial charge in [-0.3, -0.25) is 4.79 Å². The van der Waals surface area contributed by atoms with Crippen LogP contribution in [0, 0.1) is 0 Å². The van der Waals surface area contributed by atoms with Crippen molar-refractivity contribution in [3.05, 3.63) is 59.7 Å². The summed E-state index contributed by atoms with van der Waals surface area (Å²) in [7, 11) is 5.43. The Morgan fingerprint density at radius 3 is 2.41 bits per heavy atom. The lowest BCUT2D eigenvalue weighted by molar-refractivity contribution is 0.104. The fourth-order valence-electron chi connectivity index (χ4n) is 2.02. The Kier molecular flexibility index (Phi) is 4.84. The highest BCUT2D eigenvalue weighted by molar-refractivity contribution is 6.07. The van der Waals surface area contributed by atoms with E-state index in [9.17, 15) is 9.90 Å². The largest absolute Gasteiger partial charge is 0.508 e. The number of carbonyl (C=O) groups excluding carboxylic acids is 1. The van der Waals surface area contributed by atoms with E-state index < -0.39 is 0 Å². The maximum Gasteiger partial charge on any atom is 0.185 e. The number of methoxy groups -OCH3 is 1. The lowest BCUT2D eigenvalue weighted by atomic mass is 10.1. The van der Waals surface area contributed by atoms with Gasteiger partial charge in [0.25, 0.3) is 0 Å². The Morgan fingerprint density at radius 2 is 1.82 bits per heavy atom. The molecule has 2 rings (SSSR count). The zero-order valence-electron chi connectivity index (χ0n) is 12.9. The second-order valence-corrected chi connectivity index (χ2v) is 5.07. The molecule has 0 spiro atoms. The standard InChI is InChI=1S/C18H19NO3/c1-19(2)15-8-4-13(5-9-15)17(21)11-7-14-6-10-16(20)12-18(14)22-3/h4-12,20H,1-3H3/b11-7+. The molecule has 4 heteroatoms. The van der Waals surface area contributed by atoms with E-state index in [1.807, 2.05) is 31.1 Å². The molecule has 0 saturated carbocycles. The third-order valence-electron chi connectivity index (χ3n) is 3.30. The molecule has 0 heterocycles. The van der Waals surface area contributed by atoms with E-state index in [4.69, 9.17) is 4.74 Å². The summed E-state index contributed by atoms with van der Waals surface area (Å²) in [5, 5.41) is 9.42. The smallest absolute Gasteiger partial charge is 0.185 e. The van der Waals surface area contributed by atoms with Gasteiger partial charge in [0.05, 0.1) is 7.11 Å². The second kappa shape index (κ2) is 6.80. The van der Waals surface area contributed by atoms with Crippen LogP contribution in [0.5, 0.6) is 11.5 Å². The molecule has 0 aliphatic rings. The number of phenolic OH excluding ortho intramolecular Hbond substituents is 1. The molecule has 22 heavy (non-hydrogen) atoms. The van der Waals surface area contributed by atoms with Crippen molar-refractivity contribution in [2.24, 2.45) is 0 Å². The van der Waals surface area contributed by atoms with Crippen LogP contribution in [0.2, 0.25) is 0 Å². The topological polar surface area (TPSA) is 49.8 Å². The lowest BCUT2D eigenvalue weighted by Crippen LogP contribution is -2.08. The Bertz CT molecular complexity index is 688. The fourth-order valence-corrected chi connectivity index (χ4v) is 2.02. The van der Waals surface area contributed by atoms with Crippen molar-refractivity contribution in [1.82, 2.24) is 0 Å². The van der Waals surface area contributed by atoms with Crippen LogP contribution in [-0.2, 0) is 0 Å². The molecule has 0 fully saturated rings. The van der Waals surface area contributed by atoms with Gasteiger partial charge >= 0.3 is 0 Å². The molecule has 0 saturated heterocycles. The summed E-state index contributed by atoms with van der Waals surface area (Å²) in [5.41, 5.74) is 2.40. The van der Waals surface area contributed by atoms with Crippen molar-refractivity contribution in [2.45, 2.75) is 0 Å². The molecule has 0 radical (unpaired) electrons. The zero-order valence-corrected chi connectivity index (χ0v) is 12.9. The van der Waals surface area contributed by atoms with Crippen LogP contribution in [0.15, 0.2) is 48.5 Å². The molecule has 0 aliphatic heterocycles. The van der Waals surface area contributed by atoms with Crippen molar-refractivity contribution >= 4 is 17.5 Å². The van der Waals surface area contributed by atoms with Crippen molar-refractivity contribution in [1.29, 1.82) is 0 Å². The van der Waals surface area contributed by atoms with Crippen molar-refractivity contribution in [2.75, 3.05) is 26.1 Å². The first-order chi connectivity index (χ1) is 10.5. The molecule has 0 bridgehead atoms. The minimum Gasteiger partial charge on any atom is -0.508 e. The SMILES string of the molecule is COc1cc(O)ccc1/C=C/C(=O)c1ccc(N(C)C)cc1. The first-order valence-corrected chi connectivity index (χ1v) is 6.88. The number of benzene rings is 2. The molecule has 0 amide bonds. The molecule has 4 nitrogen and oxygen atoms in total. The highest BCUT2D eigenvalue weighted by atomic mass is 16.5. The van der Waals surface area contributed by atoms with E-state index in [1.165, 1.54) is 19.3 Å². The summed E-state index contributed by atoms with van der Waals surface area (Å²) in [6.07, 6.45) is 3.18. The number of ether oxygens (including phenoxy) is 1. The number of allylic oxidation sites excluding steroid dienone is 1. The van der Waals surface area contributed by atoms with Crippen LogP contribution in [0.4, 0.5) is 5.69 Å².